The first-order valence-corrected chi connectivity index (χ1v) is 8.51. The van der Waals surface area contributed by atoms with E-state index < -0.39 is 0 Å². The van der Waals surface area contributed by atoms with Gasteiger partial charge in [-0.05, 0) is 51.0 Å². The van der Waals surface area contributed by atoms with Crippen LogP contribution in [0.3, 0.4) is 0 Å². The predicted molar refractivity (Wildman–Crippen MR) is 90.4 cm³/mol. The van der Waals surface area contributed by atoms with Gasteiger partial charge in [-0.15, -0.1) is 0 Å². The van der Waals surface area contributed by atoms with E-state index in [-0.39, 0.29) is 6.04 Å². The highest BCUT2D eigenvalue weighted by atomic mass is 15.2. The molecule has 1 fully saturated rings. The molecule has 0 saturated carbocycles. The Balaban J connectivity index is 1.68. The van der Waals surface area contributed by atoms with Gasteiger partial charge in [-0.3, -0.25) is 4.90 Å². The number of likely N-dealkylation sites (N-methyl/N-ethyl adjacent to an activating group) is 1. The van der Waals surface area contributed by atoms with Gasteiger partial charge in [0.2, 0.25) is 0 Å². The second kappa shape index (κ2) is 8.52. The van der Waals surface area contributed by atoms with Gasteiger partial charge in [0, 0.05) is 18.6 Å². The first-order chi connectivity index (χ1) is 10.2. The van der Waals surface area contributed by atoms with Gasteiger partial charge in [0.15, 0.2) is 0 Å². The van der Waals surface area contributed by atoms with Gasteiger partial charge < -0.3 is 10.6 Å². The molecule has 3 nitrogen and oxygen atoms in total. The van der Waals surface area contributed by atoms with Crippen LogP contribution < -0.4 is 5.73 Å². The second-order valence-corrected chi connectivity index (χ2v) is 6.12. The van der Waals surface area contributed by atoms with Crippen LogP contribution in [0.2, 0.25) is 0 Å². The van der Waals surface area contributed by atoms with Crippen molar-refractivity contribution >= 4 is 0 Å². The summed E-state index contributed by atoms with van der Waals surface area (Å²) < 4.78 is 0. The number of hydrogen-bond donors (Lipinski definition) is 1. The lowest BCUT2D eigenvalue weighted by atomic mass is 10.0. The van der Waals surface area contributed by atoms with Crippen LogP contribution in [0, 0.1) is 0 Å². The van der Waals surface area contributed by atoms with E-state index in [1.807, 2.05) is 6.07 Å². The highest BCUT2D eigenvalue weighted by Gasteiger charge is 2.25. The first kappa shape index (κ1) is 16.5. The molecule has 2 atom stereocenters. The number of nitrogens with zero attached hydrogens (tertiary/aromatic N) is 2. The van der Waals surface area contributed by atoms with E-state index in [0.717, 1.165) is 12.5 Å². The van der Waals surface area contributed by atoms with E-state index in [4.69, 9.17) is 5.73 Å². The molecule has 118 valence electrons. The molecule has 1 aliphatic rings. The summed E-state index contributed by atoms with van der Waals surface area (Å²) in [5, 5.41) is 0. The molecule has 3 heteroatoms. The minimum absolute atomic E-state index is 0.187. The Bertz CT molecular complexity index is 389. The zero-order chi connectivity index (χ0) is 15.1. The summed E-state index contributed by atoms with van der Waals surface area (Å²) in [6.45, 7) is 10.6. The van der Waals surface area contributed by atoms with Crippen LogP contribution >= 0.6 is 0 Å². The first-order valence-electron chi connectivity index (χ1n) is 8.51. The van der Waals surface area contributed by atoms with Crippen LogP contribution in [0.5, 0.6) is 0 Å². The third kappa shape index (κ3) is 4.80. The van der Waals surface area contributed by atoms with Crippen molar-refractivity contribution in [2.45, 2.75) is 45.2 Å². The van der Waals surface area contributed by atoms with E-state index in [0.29, 0.717) is 0 Å². The Morgan fingerprint density at radius 3 is 2.62 bits per heavy atom. The van der Waals surface area contributed by atoms with Crippen LogP contribution in [0.1, 0.15) is 44.7 Å². The molecular weight excluding hydrogens is 258 g/mol. The van der Waals surface area contributed by atoms with Crippen molar-refractivity contribution in [1.29, 1.82) is 0 Å². The zero-order valence-electron chi connectivity index (χ0n) is 13.7. The van der Waals surface area contributed by atoms with Gasteiger partial charge >= 0.3 is 0 Å². The average molecular weight is 289 g/mol. The lowest BCUT2D eigenvalue weighted by Crippen LogP contribution is -2.37. The van der Waals surface area contributed by atoms with E-state index in [1.54, 1.807) is 0 Å². The maximum atomic E-state index is 6.27. The summed E-state index contributed by atoms with van der Waals surface area (Å²) in [4.78, 5) is 5.20. The fourth-order valence-electron chi connectivity index (χ4n) is 3.46. The summed E-state index contributed by atoms with van der Waals surface area (Å²) in [7, 11) is 0. The zero-order valence-corrected chi connectivity index (χ0v) is 13.7. The Morgan fingerprint density at radius 1 is 1.24 bits per heavy atom. The van der Waals surface area contributed by atoms with Crippen molar-refractivity contribution < 1.29 is 0 Å². The SMILES string of the molecule is CCN(CC)C1CCN(CCCC(N)c2ccccc2)C1. The molecule has 21 heavy (non-hydrogen) atoms. The fourth-order valence-corrected chi connectivity index (χ4v) is 3.46. The molecule has 0 radical (unpaired) electrons. The number of benzene rings is 1. The van der Waals surface area contributed by atoms with Gasteiger partial charge in [0.25, 0.3) is 0 Å². The Hall–Kier alpha value is -0.900. The van der Waals surface area contributed by atoms with Crippen molar-refractivity contribution in [2.75, 3.05) is 32.7 Å². The molecule has 1 aliphatic heterocycles. The highest BCUT2D eigenvalue weighted by molar-refractivity contribution is 5.18. The molecule has 0 aliphatic carbocycles. The maximum absolute atomic E-state index is 6.27. The summed E-state index contributed by atoms with van der Waals surface area (Å²) in [6, 6.07) is 11.4. The highest BCUT2D eigenvalue weighted by Crippen LogP contribution is 2.18. The van der Waals surface area contributed by atoms with E-state index in [2.05, 4.69) is 47.9 Å². The lowest BCUT2D eigenvalue weighted by molar-refractivity contribution is 0.209. The Morgan fingerprint density at radius 2 is 1.95 bits per heavy atom. The molecule has 2 unspecified atom stereocenters. The van der Waals surface area contributed by atoms with Crippen molar-refractivity contribution in [3.63, 3.8) is 0 Å². The van der Waals surface area contributed by atoms with Gasteiger partial charge in [-0.25, -0.2) is 0 Å². The lowest BCUT2D eigenvalue weighted by Gasteiger charge is -2.26. The third-order valence-corrected chi connectivity index (χ3v) is 4.79. The molecule has 0 amide bonds. The number of hydrogen-bond acceptors (Lipinski definition) is 3. The van der Waals surface area contributed by atoms with Crippen molar-refractivity contribution in [1.82, 2.24) is 9.80 Å². The summed E-state index contributed by atoms with van der Waals surface area (Å²) >= 11 is 0. The quantitative estimate of drug-likeness (QED) is 0.799. The molecule has 0 aromatic heterocycles. The van der Waals surface area contributed by atoms with Crippen LogP contribution in [0.25, 0.3) is 0 Å². The van der Waals surface area contributed by atoms with Gasteiger partial charge in [0.05, 0.1) is 0 Å². The van der Waals surface area contributed by atoms with Crippen molar-refractivity contribution in [2.24, 2.45) is 5.73 Å². The third-order valence-electron chi connectivity index (χ3n) is 4.79. The topological polar surface area (TPSA) is 32.5 Å². The largest absolute Gasteiger partial charge is 0.324 e. The Labute approximate surface area is 130 Å². The Kier molecular flexibility index (Phi) is 6.68. The second-order valence-electron chi connectivity index (χ2n) is 6.12. The molecular formula is C18H31N3. The maximum Gasteiger partial charge on any atom is 0.0295 e. The standard InChI is InChI=1S/C18H31N3/c1-3-21(4-2)17-12-14-20(15-17)13-8-11-18(19)16-9-6-5-7-10-16/h5-7,9-10,17-18H,3-4,8,11-15,19H2,1-2H3. The number of nitrogens with two attached hydrogens (primary N) is 1. The fraction of sp³-hybridized carbons (Fsp3) is 0.667. The van der Waals surface area contributed by atoms with Crippen LogP contribution in [-0.4, -0.2) is 48.6 Å². The van der Waals surface area contributed by atoms with Gasteiger partial charge in [0.1, 0.15) is 0 Å². The van der Waals surface area contributed by atoms with E-state index >= 15 is 0 Å². The summed E-state index contributed by atoms with van der Waals surface area (Å²) in [6.07, 6.45) is 3.60. The van der Waals surface area contributed by atoms with Crippen molar-refractivity contribution in [3.8, 4) is 0 Å². The summed E-state index contributed by atoms with van der Waals surface area (Å²) in [5.41, 5.74) is 7.54. The smallest absolute Gasteiger partial charge is 0.0295 e. The molecule has 0 spiro atoms. The van der Waals surface area contributed by atoms with Crippen LogP contribution in [0.4, 0.5) is 0 Å². The van der Waals surface area contributed by atoms with Gasteiger partial charge in [-0.1, -0.05) is 44.2 Å². The molecule has 2 N–H and O–H groups in total. The normalized spacial score (nSPS) is 21.0. The molecule has 2 rings (SSSR count). The van der Waals surface area contributed by atoms with E-state index in [9.17, 15) is 0 Å². The summed E-state index contributed by atoms with van der Waals surface area (Å²) in [5.74, 6) is 0. The molecule has 1 aromatic carbocycles. The van der Waals surface area contributed by atoms with Crippen LogP contribution in [-0.2, 0) is 0 Å². The molecule has 1 saturated heterocycles. The molecule has 1 heterocycles. The van der Waals surface area contributed by atoms with Crippen molar-refractivity contribution in [3.05, 3.63) is 35.9 Å². The molecule has 0 bridgehead atoms. The van der Waals surface area contributed by atoms with Gasteiger partial charge in [-0.2, -0.15) is 0 Å². The number of rotatable bonds is 8. The van der Waals surface area contributed by atoms with E-state index in [1.165, 1.54) is 51.1 Å². The number of likely N-dealkylation sites (tertiary alicyclic amines) is 1. The molecule has 1 aromatic rings. The predicted octanol–water partition coefficient (Wildman–Crippen LogP) is 2.88. The average Bonchev–Trinajstić information content (AvgIpc) is 2.98. The minimum atomic E-state index is 0.187. The van der Waals surface area contributed by atoms with Crippen LogP contribution in [0.15, 0.2) is 30.3 Å². The monoisotopic (exact) mass is 289 g/mol. The minimum Gasteiger partial charge on any atom is -0.324 e.